The van der Waals surface area contributed by atoms with Gasteiger partial charge >= 0.3 is 12.1 Å². The second kappa shape index (κ2) is 8.36. The molecule has 126 valence electrons. The molecule has 2 aliphatic rings. The average Bonchev–Trinajstić information content (AvgIpc) is 2.54. The van der Waals surface area contributed by atoms with Gasteiger partial charge < -0.3 is 19.5 Å². The van der Waals surface area contributed by atoms with E-state index >= 15 is 0 Å². The summed E-state index contributed by atoms with van der Waals surface area (Å²) in [5.41, 5.74) is -0.907. The first kappa shape index (κ1) is 17.1. The van der Waals surface area contributed by atoms with Crippen molar-refractivity contribution in [3.05, 3.63) is 0 Å². The Morgan fingerprint density at radius 1 is 1.18 bits per heavy atom. The van der Waals surface area contributed by atoms with Crippen LogP contribution in [0.4, 0.5) is 4.79 Å². The van der Waals surface area contributed by atoms with E-state index in [1.165, 1.54) is 0 Å². The molecule has 6 heteroatoms. The van der Waals surface area contributed by atoms with Crippen molar-refractivity contribution in [2.24, 2.45) is 0 Å². The highest BCUT2D eigenvalue weighted by Crippen LogP contribution is 2.30. The molecule has 22 heavy (non-hydrogen) atoms. The van der Waals surface area contributed by atoms with Crippen LogP contribution in [0, 0.1) is 0 Å². The van der Waals surface area contributed by atoms with Gasteiger partial charge in [0.2, 0.25) is 0 Å². The number of hydrogen-bond acceptors (Lipinski definition) is 5. The molecular formula is C16H27NO5. The maximum Gasteiger partial charge on any atom is 0.408 e. The molecule has 0 radical (unpaired) electrons. The molecule has 0 spiro atoms. The topological polar surface area (TPSA) is 73.9 Å². The number of carbonyl (C=O) groups excluding carboxylic acids is 2. The van der Waals surface area contributed by atoms with Crippen molar-refractivity contribution < 1.29 is 23.8 Å². The molecule has 2 rings (SSSR count). The SMILES string of the molecule is CCCOC(=O)C1(NC(=O)OC2CCOCC2)CCCCC1. The third kappa shape index (κ3) is 4.60. The van der Waals surface area contributed by atoms with E-state index in [-0.39, 0.29) is 12.1 Å². The average molecular weight is 313 g/mol. The number of esters is 1. The maximum atomic E-state index is 12.4. The van der Waals surface area contributed by atoms with E-state index in [1.807, 2.05) is 6.92 Å². The molecule has 0 aromatic heterocycles. The summed E-state index contributed by atoms with van der Waals surface area (Å²) >= 11 is 0. The Hall–Kier alpha value is -1.30. The van der Waals surface area contributed by atoms with E-state index in [0.29, 0.717) is 45.5 Å². The van der Waals surface area contributed by atoms with Crippen LogP contribution < -0.4 is 5.32 Å². The minimum absolute atomic E-state index is 0.124. The summed E-state index contributed by atoms with van der Waals surface area (Å²) in [6, 6.07) is 0. The van der Waals surface area contributed by atoms with E-state index in [9.17, 15) is 9.59 Å². The number of rotatable bonds is 5. The Bertz CT molecular complexity index is 373. The van der Waals surface area contributed by atoms with Crippen molar-refractivity contribution in [1.29, 1.82) is 0 Å². The Morgan fingerprint density at radius 3 is 2.50 bits per heavy atom. The van der Waals surface area contributed by atoms with Crippen LogP contribution in [-0.2, 0) is 19.0 Å². The molecule has 1 saturated heterocycles. The van der Waals surface area contributed by atoms with Crippen molar-refractivity contribution >= 4 is 12.1 Å². The summed E-state index contributed by atoms with van der Waals surface area (Å²) in [6.07, 6.45) is 5.72. The predicted octanol–water partition coefficient (Wildman–Crippen LogP) is 2.55. The van der Waals surface area contributed by atoms with Crippen LogP contribution in [0.3, 0.4) is 0 Å². The van der Waals surface area contributed by atoms with Crippen molar-refractivity contribution in [3.63, 3.8) is 0 Å². The molecule has 2 fully saturated rings. The minimum atomic E-state index is -0.907. The van der Waals surface area contributed by atoms with Crippen LogP contribution in [0.5, 0.6) is 0 Å². The number of ether oxygens (including phenoxy) is 3. The zero-order valence-corrected chi connectivity index (χ0v) is 13.4. The van der Waals surface area contributed by atoms with Crippen molar-refractivity contribution in [2.45, 2.75) is 69.9 Å². The number of nitrogens with one attached hydrogen (secondary N) is 1. The van der Waals surface area contributed by atoms with Gasteiger partial charge in [-0.3, -0.25) is 0 Å². The van der Waals surface area contributed by atoms with Gasteiger partial charge in [-0.2, -0.15) is 0 Å². The fourth-order valence-electron chi connectivity index (χ4n) is 3.04. The number of hydrogen-bond donors (Lipinski definition) is 1. The normalized spacial score (nSPS) is 21.9. The molecule has 0 atom stereocenters. The van der Waals surface area contributed by atoms with Gasteiger partial charge in [0.1, 0.15) is 11.6 Å². The molecule has 1 aliphatic heterocycles. The molecular weight excluding hydrogens is 286 g/mol. The van der Waals surface area contributed by atoms with Gasteiger partial charge in [0.05, 0.1) is 19.8 Å². The molecule has 1 saturated carbocycles. The fraction of sp³-hybridized carbons (Fsp3) is 0.875. The van der Waals surface area contributed by atoms with Crippen LogP contribution in [0.1, 0.15) is 58.3 Å². The van der Waals surface area contributed by atoms with Crippen LogP contribution in [0.2, 0.25) is 0 Å². The number of alkyl carbamates (subject to hydrolysis) is 1. The van der Waals surface area contributed by atoms with E-state index in [1.54, 1.807) is 0 Å². The second-order valence-electron chi connectivity index (χ2n) is 6.12. The molecule has 0 aromatic carbocycles. The first-order chi connectivity index (χ1) is 10.7. The Labute approximate surface area is 131 Å². The predicted molar refractivity (Wildman–Crippen MR) is 80.5 cm³/mol. The standard InChI is InChI=1S/C16H27NO5/c1-2-10-21-14(18)16(8-4-3-5-9-16)17-15(19)22-13-6-11-20-12-7-13/h13H,2-12H2,1H3,(H,17,19). The summed E-state index contributed by atoms with van der Waals surface area (Å²) in [4.78, 5) is 24.6. The lowest BCUT2D eigenvalue weighted by atomic mass is 9.82. The van der Waals surface area contributed by atoms with Gasteiger partial charge in [0.15, 0.2) is 0 Å². The van der Waals surface area contributed by atoms with E-state index in [0.717, 1.165) is 25.7 Å². The van der Waals surface area contributed by atoms with Gasteiger partial charge in [0.25, 0.3) is 0 Å². The third-order valence-electron chi connectivity index (χ3n) is 4.32. The number of amides is 1. The summed E-state index contributed by atoms with van der Waals surface area (Å²) in [6.45, 7) is 3.56. The monoisotopic (exact) mass is 313 g/mol. The van der Waals surface area contributed by atoms with Gasteiger partial charge in [-0.1, -0.05) is 26.2 Å². The molecule has 0 bridgehead atoms. The molecule has 1 amide bonds. The molecule has 1 aliphatic carbocycles. The lowest BCUT2D eigenvalue weighted by molar-refractivity contribution is -0.153. The quantitative estimate of drug-likeness (QED) is 0.790. The lowest BCUT2D eigenvalue weighted by Gasteiger charge is -2.35. The Balaban J connectivity index is 1.93. The largest absolute Gasteiger partial charge is 0.464 e. The highest BCUT2D eigenvalue weighted by atomic mass is 16.6. The maximum absolute atomic E-state index is 12.4. The summed E-state index contributed by atoms with van der Waals surface area (Å²) in [5.74, 6) is -0.321. The summed E-state index contributed by atoms with van der Waals surface area (Å²) < 4.78 is 16.0. The highest BCUT2D eigenvalue weighted by molar-refractivity contribution is 5.86. The van der Waals surface area contributed by atoms with Crippen molar-refractivity contribution in [3.8, 4) is 0 Å². The zero-order valence-electron chi connectivity index (χ0n) is 13.4. The first-order valence-corrected chi connectivity index (χ1v) is 8.40. The third-order valence-corrected chi connectivity index (χ3v) is 4.32. The van der Waals surface area contributed by atoms with E-state index < -0.39 is 11.6 Å². The molecule has 1 N–H and O–H groups in total. The van der Waals surface area contributed by atoms with Gasteiger partial charge in [-0.25, -0.2) is 9.59 Å². The summed E-state index contributed by atoms with van der Waals surface area (Å²) in [5, 5.41) is 2.81. The number of carbonyl (C=O) groups is 2. The van der Waals surface area contributed by atoms with Gasteiger partial charge in [0, 0.05) is 12.8 Å². The van der Waals surface area contributed by atoms with E-state index in [4.69, 9.17) is 14.2 Å². The Kier molecular flexibility index (Phi) is 6.49. The fourth-order valence-corrected chi connectivity index (χ4v) is 3.04. The second-order valence-corrected chi connectivity index (χ2v) is 6.12. The zero-order chi connectivity index (χ0) is 15.8. The van der Waals surface area contributed by atoms with Crippen molar-refractivity contribution in [1.82, 2.24) is 5.32 Å². The first-order valence-electron chi connectivity index (χ1n) is 8.40. The molecule has 6 nitrogen and oxygen atoms in total. The Morgan fingerprint density at radius 2 is 1.86 bits per heavy atom. The smallest absolute Gasteiger partial charge is 0.408 e. The summed E-state index contributed by atoms with van der Waals surface area (Å²) in [7, 11) is 0. The van der Waals surface area contributed by atoms with E-state index in [2.05, 4.69) is 5.32 Å². The molecule has 0 unspecified atom stereocenters. The lowest BCUT2D eigenvalue weighted by Crippen LogP contribution is -2.57. The highest BCUT2D eigenvalue weighted by Gasteiger charge is 2.43. The van der Waals surface area contributed by atoms with Gasteiger partial charge in [-0.05, 0) is 19.3 Å². The molecule has 0 aromatic rings. The van der Waals surface area contributed by atoms with Gasteiger partial charge in [-0.15, -0.1) is 0 Å². The van der Waals surface area contributed by atoms with Crippen LogP contribution in [0.15, 0.2) is 0 Å². The molecule has 1 heterocycles. The van der Waals surface area contributed by atoms with Crippen LogP contribution in [0.25, 0.3) is 0 Å². The minimum Gasteiger partial charge on any atom is -0.464 e. The van der Waals surface area contributed by atoms with Crippen LogP contribution in [-0.4, -0.2) is 43.5 Å². The van der Waals surface area contributed by atoms with Crippen LogP contribution >= 0.6 is 0 Å². The van der Waals surface area contributed by atoms with Crippen molar-refractivity contribution in [2.75, 3.05) is 19.8 Å².